The number of ketones is 2. The van der Waals surface area contributed by atoms with Crippen LogP contribution in [-0.2, 0) is 35.2 Å². The summed E-state index contributed by atoms with van der Waals surface area (Å²) in [5.41, 5.74) is 11.6. The Morgan fingerprint density at radius 1 is 0.667 bits per heavy atom. The molecule has 0 fully saturated rings. The predicted molar refractivity (Wildman–Crippen MR) is 156 cm³/mol. The summed E-state index contributed by atoms with van der Waals surface area (Å²) in [6.07, 6.45) is 0.0705. The molecule has 0 saturated carbocycles. The van der Waals surface area contributed by atoms with Crippen molar-refractivity contribution in [3.05, 3.63) is 60.2 Å². The van der Waals surface area contributed by atoms with E-state index in [4.69, 9.17) is 21.7 Å². The highest BCUT2D eigenvalue weighted by Crippen LogP contribution is 2.36. The summed E-state index contributed by atoms with van der Waals surface area (Å²) in [6, 6.07) is 18.3. The van der Waals surface area contributed by atoms with E-state index in [1.54, 1.807) is 0 Å². The van der Waals surface area contributed by atoms with E-state index in [-0.39, 0.29) is 44.4 Å². The third kappa shape index (κ3) is 7.42. The van der Waals surface area contributed by atoms with Crippen LogP contribution in [0.5, 0.6) is 0 Å². The summed E-state index contributed by atoms with van der Waals surface area (Å²) < 4.78 is 0. The second kappa shape index (κ2) is 14.1. The molecule has 0 aliphatic rings. The van der Waals surface area contributed by atoms with E-state index >= 15 is 0 Å². The first-order chi connectivity index (χ1) is 20.0. The van der Waals surface area contributed by atoms with E-state index in [0.717, 1.165) is 42.8 Å². The fourth-order valence-corrected chi connectivity index (χ4v) is 4.66. The predicted octanol–water partition coefficient (Wildman–Crippen LogP) is 1.01. The van der Waals surface area contributed by atoms with Gasteiger partial charge in [0.2, 0.25) is 11.8 Å². The molecular weight excluding hydrogens is 544 g/mol. The van der Waals surface area contributed by atoms with Gasteiger partial charge in [-0.05, 0) is 37.9 Å². The molecule has 12 heteroatoms. The van der Waals surface area contributed by atoms with E-state index in [1.165, 1.54) is 11.8 Å². The van der Waals surface area contributed by atoms with Crippen LogP contribution < -0.4 is 11.5 Å². The number of carboxylic acids is 2. The van der Waals surface area contributed by atoms with Gasteiger partial charge in [-0.2, -0.15) is 0 Å². The lowest BCUT2D eigenvalue weighted by atomic mass is 9.91. The monoisotopic (exact) mass is 576 g/mol. The quantitative estimate of drug-likeness (QED) is 0.139. The van der Waals surface area contributed by atoms with E-state index < -0.39 is 36.6 Å². The molecule has 0 saturated heterocycles. The van der Waals surface area contributed by atoms with E-state index in [0.29, 0.717) is 0 Å². The average molecular weight is 577 g/mol. The highest BCUT2D eigenvalue weighted by Gasteiger charge is 2.22. The lowest BCUT2D eigenvalue weighted by molar-refractivity contribution is -0.150. The molecule has 0 aromatic heterocycles. The lowest BCUT2D eigenvalue weighted by Crippen LogP contribution is -2.41. The molecule has 0 heterocycles. The first-order valence-corrected chi connectivity index (χ1v) is 13.1. The number of carbonyl (C=O) groups excluding carboxylic acids is 4. The van der Waals surface area contributed by atoms with Crippen LogP contribution in [0.4, 0.5) is 0 Å². The van der Waals surface area contributed by atoms with Crippen molar-refractivity contribution >= 4 is 67.6 Å². The molecule has 0 bridgehead atoms. The van der Waals surface area contributed by atoms with Crippen LogP contribution in [0.3, 0.4) is 0 Å². The molecular formula is C30H32N4O8. The summed E-state index contributed by atoms with van der Waals surface area (Å²) in [5, 5.41) is 23.7. The number of carboxylic acid groups (broad SMARTS) is 2. The van der Waals surface area contributed by atoms with Crippen LogP contribution in [0, 0.1) is 0 Å². The van der Waals surface area contributed by atoms with Crippen molar-refractivity contribution in [3.63, 3.8) is 0 Å². The van der Waals surface area contributed by atoms with Crippen LogP contribution in [0.15, 0.2) is 54.6 Å². The van der Waals surface area contributed by atoms with Crippen molar-refractivity contribution in [1.29, 1.82) is 0 Å². The maximum atomic E-state index is 12.8. The Morgan fingerprint density at radius 3 is 1.67 bits per heavy atom. The van der Waals surface area contributed by atoms with Crippen LogP contribution in [0.2, 0.25) is 0 Å². The number of benzene rings is 4. The molecule has 42 heavy (non-hydrogen) atoms. The van der Waals surface area contributed by atoms with Crippen molar-refractivity contribution in [1.82, 2.24) is 9.80 Å². The number of aliphatic carboxylic acids is 2. The van der Waals surface area contributed by atoms with Gasteiger partial charge in [-0.25, -0.2) is 9.59 Å². The first-order valence-electron chi connectivity index (χ1n) is 13.1. The molecule has 4 aromatic rings. The Balaban J connectivity index is 0.000000316. The molecule has 220 valence electrons. The summed E-state index contributed by atoms with van der Waals surface area (Å²) in [4.78, 5) is 69.3. The molecule has 0 spiro atoms. The number of Topliss-reactive ketones (excluding diaryl/α,β-unsaturated/α-hetero) is 2. The van der Waals surface area contributed by atoms with Crippen LogP contribution >= 0.6 is 0 Å². The van der Waals surface area contributed by atoms with Gasteiger partial charge in [0.25, 0.3) is 11.6 Å². The molecule has 4 rings (SSSR count). The van der Waals surface area contributed by atoms with Crippen molar-refractivity contribution in [2.24, 2.45) is 11.5 Å². The summed E-state index contributed by atoms with van der Waals surface area (Å²) in [5.74, 6) is -5.81. The minimum atomic E-state index is -1.55. The fourth-order valence-electron chi connectivity index (χ4n) is 4.66. The molecule has 0 aliphatic carbocycles. The maximum absolute atomic E-state index is 12.8. The number of nitrogens with zero attached hydrogens (tertiary/aromatic N) is 2. The minimum absolute atomic E-state index is 0.0705. The number of hydrogen-bond donors (Lipinski definition) is 4. The average Bonchev–Trinajstić information content (AvgIpc) is 2.96. The molecule has 0 radical (unpaired) electrons. The topological polar surface area (TPSA) is 201 Å². The molecule has 0 unspecified atom stereocenters. The van der Waals surface area contributed by atoms with Crippen molar-refractivity contribution in [2.45, 2.75) is 13.3 Å². The third-order valence-electron chi connectivity index (χ3n) is 6.70. The van der Waals surface area contributed by atoms with Gasteiger partial charge in [0.05, 0.1) is 19.5 Å². The van der Waals surface area contributed by atoms with E-state index in [2.05, 4.69) is 24.3 Å². The molecule has 6 N–H and O–H groups in total. The molecule has 0 aliphatic heterocycles. The maximum Gasteiger partial charge on any atom is 0.374 e. The smallest absolute Gasteiger partial charge is 0.374 e. The number of nitrogens with two attached hydrogens (primary N) is 2. The van der Waals surface area contributed by atoms with Crippen LogP contribution in [0.1, 0.15) is 12.5 Å². The van der Waals surface area contributed by atoms with Gasteiger partial charge in [0, 0.05) is 33.1 Å². The number of hydrogen-bond acceptors (Lipinski definition) is 8. The Hall–Kier alpha value is -4.94. The normalized spacial score (nSPS) is 10.7. The zero-order valence-electron chi connectivity index (χ0n) is 23.0. The summed E-state index contributed by atoms with van der Waals surface area (Å²) in [6.45, 7) is 1.03. The van der Waals surface area contributed by atoms with Gasteiger partial charge in [-0.15, -0.1) is 0 Å². The second-order valence-electron chi connectivity index (χ2n) is 9.55. The van der Waals surface area contributed by atoms with Gasteiger partial charge >= 0.3 is 11.9 Å². The summed E-state index contributed by atoms with van der Waals surface area (Å²) in [7, 11) is 0. The lowest BCUT2D eigenvalue weighted by Gasteiger charge is -2.21. The van der Waals surface area contributed by atoms with Crippen molar-refractivity contribution in [2.75, 3.05) is 39.3 Å². The fraction of sp³-hybridized carbons (Fsp3) is 0.267. The van der Waals surface area contributed by atoms with E-state index in [1.807, 2.05) is 30.3 Å². The van der Waals surface area contributed by atoms with Gasteiger partial charge in [-0.3, -0.25) is 19.2 Å². The largest absolute Gasteiger partial charge is 0.475 e. The zero-order valence-corrected chi connectivity index (χ0v) is 23.0. The molecule has 4 aromatic carbocycles. The summed E-state index contributed by atoms with van der Waals surface area (Å²) >= 11 is 0. The Kier molecular flexibility index (Phi) is 10.6. The van der Waals surface area contributed by atoms with Crippen LogP contribution in [-0.4, -0.2) is 94.6 Å². The number of carbonyl (C=O) groups is 6. The van der Waals surface area contributed by atoms with Crippen molar-refractivity contribution in [3.8, 4) is 0 Å². The number of rotatable bonds is 12. The standard InChI is InChI=1S/C23H20N2O4.C7H12N2O4/c24-10-11-25(13-19(26)23(28)29)20(27)12-17-7-6-16-5-4-14-2-1-3-15-8-9-18(17)22(16)21(14)15;1-5(10)9(3-2-8)4-6(11)7(12)13/h1-9H,10-13,24H2,(H,28,29);2-4,8H2,1H3,(H,12,13). The van der Waals surface area contributed by atoms with Gasteiger partial charge in [-0.1, -0.05) is 54.6 Å². The van der Waals surface area contributed by atoms with Crippen molar-refractivity contribution < 1.29 is 39.0 Å². The zero-order chi connectivity index (χ0) is 31.0. The van der Waals surface area contributed by atoms with Gasteiger partial charge in [0.15, 0.2) is 0 Å². The van der Waals surface area contributed by atoms with Gasteiger partial charge in [0.1, 0.15) is 0 Å². The first kappa shape index (κ1) is 31.6. The number of amides is 2. The van der Waals surface area contributed by atoms with Crippen LogP contribution in [0.25, 0.3) is 32.3 Å². The Morgan fingerprint density at radius 2 is 1.14 bits per heavy atom. The SMILES string of the molecule is CC(=O)N(CCN)CC(=O)C(=O)O.NCCN(CC(=O)C(=O)O)C(=O)Cc1ccc2ccc3cccc4ccc1c2c34. The molecule has 0 atom stereocenters. The Bertz CT molecular complexity index is 1640. The third-order valence-corrected chi connectivity index (χ3v) is 6.70. The highest BCUT2D eigenvalue weighted by molar-refractivity contribution is 6.34. The molecule has 12 nitrogen and oxygen atoms in total. The second-order valence-corrected chi connectivity index (χ2v) is 9.55. The minimum Gasteiger partial charge on any atom is -0.475 e. The van der Waals surface area contributed by atoms with Gasteiger partial charge < -0.3 is 31.5 Å². The van der Waals surface area contributed by atoms with E-state index in [9.17, 15) is 28.8 Å². The highest BCUT2D eigenvalue weighted by atomic mass is 16.4. The Labute approximate surface area is 240 Å². The molecule has 2 amide bonds.